The average molecular weight is 347 g/mol. The molecule has 0 unspecified atom stereocenters. The van der Waals surface area contributed by atoms with Crippen LogP contribution in [-0.4, -0.2) is 64.5 Å². The van der Waals surface area contributed by atoms with Crippen LogP contribution in [0.3, 0.4) is 0 Å². The van der Waals surface area contributed by atoms with Crippen LogP contribution in [0.25, 0.3) is 0 Å². The maximum atomic E-state index is 13.1. The molecule has 0 spiro atoms. The van der Waals surface area contributed by atoms with Crippen molar-refractivity contribution in [1.29, 1.82) is 0 Å². The van der Waals surface area contributed by atoms with Crippen molar-refractivity contribution in [2.45, 2.75) is 38.5 Å². The van der Waals surface area contributed by atoms with Crippen LogP contribution in [0.5, 0.6) is 0 Å². The van der Waals surface area contributed by atoms with E-state index in [2.05, 4.69) is 10.4 Å². The highest BCUT2D eigenvalue weighted by atomic mass is 19.4. The Morgan fingerprint density at radius 2 is 2.12 bits per heavy atom. The molecular formula is C15H24F3N5O. The van der Waals surface area contributed by atoms with Crippen LogP contribution in [0.2, 0.25) is 0 Å². The van der Waals surface area contributed by atoms with E-state index in [0.29, 0.717) is 12.4 Å². The van der Waals surface area contributed by atoms with Gasteiger partial charge in [-0.1, -0.05) is 0 Å². The lowest BCUT2D eigenvalue weighted by Gasteiger charge is -2.36. The first-order valence-electron chi connectivity index (χ1n) is 7.85. The van der Waals surface area contributed by atoms with Crippen LogP contribution in [0.1, 0.15) is 20.3 Å². The minimum atomic E-state index is -4.31. The number of amides is 2. The summed E-state index contributed by atoms with van der Waals surface area (Å²) in [6, 6.07) is 1.09. The molecule has 0 aromatic carbocycles. The third kappa shape index (κ3) is 4.00. The van der Waals surface area contributed by atoms with Gasteiger partial charge in [-0.25, -0.2) is 4.79 Å². The maximum Gasteiger partial charge on any atom is 0.394 e. The van der Waals surface area contributed by atoms with Gasteiger partial charge in [0.15, 0.2) is 5.82 Å². The summed E-state index contributed by atoms with van der Waals surface area (Å²) in [4.78, 5) is 15.6. The van der Waals surface area contributed by atoms with E-state index in [1.54, 1.807) is 16.9 Å². The molecule has 0 saturated carbocycles. The predicted molar refractivity (Wildman–Crippen MR) is 84.7 cm³/mol. The molecule has 9 heteroatoms. The Kier molecular flexibility index (Phi) is 5.12. The van der Waals surface area contributed by atoms with Gasteiger partial charge in [-0.3, -0.25) is 10.00 Å². The normalized spacial score (nSPS) is 20.7. The predicted octanol–water partition coefficient (Wildman–Crippen LogP) is 2.64. The van der Waals surface area contributed by atoms with Gasteiger partial charge >= 0.3 is 12.2 Å². The van der Waals surface area contributed by atoms with Crippen molar-refractivity contribution in [3.8, 4) is 0 Å². The van der Waals surface area contributed by atoms with Gasteiger partial charge < -0.3 is 9.80 Å². The second-order valence-electron chi connectivity index (χ2n) is 6.89. The summed E-state index contributed by atoms with van der Waals surface area (Å²) in [5.41, 5.74) is -1.28. The summed E-state index contributed by atoms with van der Waals surface area (Å²) in [5.74, 6) is -1.18. The third-order valence-electron chi connectivity index (χ3n) is 4.48. The molecule has 1 aromatic rings. The highest BCUT2D eigenvalue weighted by Crippen LogP contribution is 2.44. The lowest BCUT2D eigenvalue weighted by atomic mass is 9.88. The summed E-state index contributed by atoms with van der Waals surface area (Å²) in [6.45, 7) is 4.43. The van der Waals surface area contributed by atoms with Gasteiger partial charge in [-0.15, -0.1) is 0 Å². The zero-order valence-corrected chi connectivity index (χ0v) is 14.4. The van der Waals surface area contributed by atoms with Crippen molar-refractivity contribution in [2.24, 2.45) is 5.92 Å². The zero-order chi connectivity index (χ0) is 18.1. The van der Waals surface area contributed by atoms with Gasteiger partial charge in [0.05, 0.1) is 18.0 Å². The largest absolute Gasteiger partial charge is 0.394 e. The Balaban J connectivity index is 2.00. The van der Waals surface area contributed by atoms with Gasteiger partial charge in [0.2, 0.25) is 0 Å². The smallest absolute Gasteiger partial charge is 0.319 e. The van der Waals surface area contributed by atoms with Gasteiger partial charge in [-0.2, -0.15) is 18.3 Å². The molecule has 2 heterocycles. The van der Waals surface area contributed by atoms with Crippen LogP contribution in [-0.2, 0) is 6.54 Å². The van der Waals surface area contributed by atoms with E-state index >= 15 is 0 Å². The summed E-state index contributed by atoms with van der Waals surface area (Å²) >= 11 is 0. The van der Waals surface area contributed by atoms with Crippen LogP contribution >= 0.6 is 0 Å². The summed E-state index contributed by atoms with van der Waals surface area (Å²) in [6.07, 6.45) is -2.67. The number of anilines is 1. The van der Waals surface area contributed by atoms with Crippen LogP contribution in [0, 0.1) is 5.92 Å². The molecule has 1 aromatic heterocycles. The molecule has 0 bridgehead atoms. The fourth-order valence-corrected chi connectivity index (χ4v) is 3.05. The van der Waals surface area contributed by atoms with E-state index in [1.807, 2.05) is 19.0 Å². The molecule has 1 saturated heterocycles. The fourth-order valence-electron chi connectivity index (χ4n) is 3.05. The number of nitrogens with zero attached hydrogens (tertiary/aromatic N) is 4. The number of alkyl halides is 3. The Labute approximate surface area is 139 Å². The second kappa shape index (κ2) is 6.62. The van der Waals surface area contributed by atoms with E-state index in [4.69, 9.17) is 0 Å². The van der Waals surface area contributed by atoms with Gasteiger partial charge in [0, 0.05) is 25.4 Å². The van der Waals surface area contributed by atoms with Crippen molar-refractivity contribution >= 4 is 11.8 Å². The molecule has 1 N–H and O–H groups in total. The molecule has 2 amide bonds. The highest BCUT2D eigenvalue weighted by molar-refractivity contribution is 5.89. The quantitative estimate of drug-likeness (QED) is 0.911. The van der Waals surface area contributed by atoms with Crippen molar-refractivity contribution in [2.75, 3.05) is 32.5 Å². The van der Waals surface area contributed by atoms with Crippen molar-refractivity contribution in [1.82, 2.24) is 19.6 Å². The molecule has 1 fully saturated rings. The minimum absolute atomic E-state index is 0.0738. The first-order valence-corrected chi connectivity index (χ1v) is 7.85. The number of hydrogen-bond acceptors (Lipinski definition) is 3. The molecular weight excluding hydrogens is 323 g/mol. The maximum absolute atomic E-state index is 13.1. The van der Waals surface area contributed by atoms with Crippen LogP contribution in [0.15, 0.2) is 12.3 Å². The number of nitrogens with one attached hydrogen (secondary N) is 1. The molecule has 136 valence electrons. The van der Waals surface area contributed by atoms with E-state index in [-0.39, 0.29) is 13.0 Å². The lowest BCUT2D eigenvalue weighted by Crippen LogP contribution is -2.51. The topological polar surface area (TPSA) is 53.4 Å². The zero-order valence-electron chi connectivity index (χ0n) is 14.4. The summed E-state index contributed by atoms with van der Waals surface area (Å²) < 4.78 is 41.0. The number of rotatable bonds is 4. The second-order valence-corrected chi connectivity index (χ2v) is 6.89. The number of hydrogen-bond donors (Lipinski definition) is 1. The SMILES string of the molecule is CN(C)CCn1ccc(NC(=O)N2CC[C@H](C(F)(F)F)C2(C)C)n1. The summed E-state index contributed by atoms with van der Waals surface area (Å²) in [7, 11) is 3.89. The molecule has 0 radical (unpaired) electrons. The van der Waals surface area contributed by atoms with E-state index in [1.165, 1.54) is 18.7 Å². The Morgan fingerprint density at radius 1 is 1.46 bits per heavy atom. The number of halogens is 3. The highest BCUT2D eigenvalue weighted by Gasteiger charge is 2.56. The number of likely N-dealkylation sites (tertiary alicyclic amines) is 1. The molecule has 1 atom stereocenters. The van der Waals surface area contributed by atoms with Crippen molar-refractivity contribution < 1.29 is 18.0 Å². The molecule has 1 aliphatic heterocycles. The van der Waals surface area contributed by atoms with Gasteiger partial charge in [0.25, 0.3) is 0 Å². The summed E-state index contributed by atoms with van der Waals surface area (Å²) in [5, 5.41) is 6.81. The third-order valence-corrected chi connectivity index (χ3v) is 4.48. The van der Waals surface area contributed by atoms with Gasteiger partial charge in [0.1, 0.15) is 0 Å². The molecule has 1 aliphatic rings. The first kappa shape index (κ1) is 18.6. The number of likely N-dealkylation sites (N-methyl/N-ethyl adjacent to an activating group) is 1. The number of aromatic nitrogens is 2. The number of urea groups is 1. The Hall–Kier alpha value is -1.77. The van der Waals surface area contributed by atoms with E-state index < -0.39 is 23.7 Å². The first-order chi connectivity index (χ1) is 11.0. The fraction of sp³-hybridized carbons (Fsp3) is 0.733. The van der Waals surface area contributed by atoms with Crippen LogP contribution in [0.4, 0.5) is 23.8 Å². The molecule has 2 rings (SSSR count). The molecule has 24 heavy (non-hydrogen) atoms. The van der Waals surface area contributed by atoms with Crippen molar-refractivity contribution in [3.63, 3.8) is 0 Å². The van der Waals surface area contributed by atoms with Crippen molar-refractivity contribution in [3.05, 3.63) is 12.3 Å². The van der Waals surface area contributed by atoms with E-state index in [9.17, 15) is 18.0 Å². The van der Waals surface area contributed by atoms with Gasteiger partial charge in [-0.05, 0) is 34.4 Å². The monoisotopic (exact) mass is 347 g/mol. The Morgan fingerprint density at radius 3 is 2.67 bits per heavy atom. The number of carbonyl (C=O) groups is 1. The minimum Gasteiger partial charge on any atom is -0.319 e. The van der Waals surface area contributed by atoms with Crippen LogP contribution < -0.4 is 5.32 Å². The molecule has 0 aliphatic carbocycles. The lowest BCUT2D eigenvalue weighted by molar-refractivity contribution is -0.189. The standard InChI is InChI=1S/C15H24F3N5O/c1-14(2)11(15(16,17)18)5-8-23(14)13(24)19-12-6-7-22(20-12)10-9-21(3)4/h6-7,11H,5,8-10H2,1-4H3,(H,19,20,24)/t11-/m0/s1. The Bertz CT molecular complexity index is 582. The average Bonchev–Trinajstić information content (AvgIpc) is 2.99. The van der Waals surface area contributed by atoms with E-state index in [0.717, 1.165) is 6.54 Å². The number of carbonyl (C=O) groups excluding carboxylic acids is 1. The molecule has 6 nitrogen and oxygen atoms in total.